The van der Waals surface area contributed by atoms with E-state index in [-0.39, 0.29) is 33.0 Å². The minimum absolute atomic E-state index is 0.00590. The molecule has 2 amide bonds. The van der Waals surface area contributed by atoms with Crippen molar-refractivity contribution in [3.8, 4) is 5.75 Å². The Hall–Kier alpha value is -4.43. The van der Waals surface area contributed by atoms with Gasteiger partial charge in [-0.15, -0.1) is 0 Å². The van der Waals surface area contributed by atoms with Gasteiger partial charge in [-0.1, -0.05) is 62.2 Å². The number of ether oxygens (including phenoxy) is 3. The van der Waals surface area contributed by atoms with Gasteiger partial charge in [0.25, 0.3) is 0 Å². The van der Waals surface area contributed by atoms with Crippen LogP contribution in [0.4, 0.5) is 20.6 Å². The molecule has 2 aliphatic rings. The molecule has 15 heteroatoms. The Morgan fingerprint density at radius 1 is 1.08 bits per heavy atom. The molecule has 0 radical (unpaired) electrons. The summed E-state index contributed by atoms with van der Waals surface area (Å²) in [5, 5.41) is 9.40. The Kier molecular flexibility index (Phi) is 10.1. The minimum atomic E-state index is -1.45. The average Bonchev–Trinajstić information content (AvgIpc) is 3.51. The number of hydrogen-bond donors (Lipinski definition) is 4. The Balaban J connectivity index is 1.56. The molecule has 5 N–H and O–H groups in total. The van der Waals surface area contributed by atoms with Crippen LogP contribution >= 0.6 is 23.2 Å². The van der Waals surface area contributed by atoms with Gasteiger partial charge < -0.3 is 35.0 Å². The van der Waals surface area contributed by atoms with Crippen LogP contribution in [-0.2, 0) is 29.3 Å². The first-order valence-corrected chi connectivity index (χ1v) is 15.9. The van der Waals surface area contributed by atoms with Gasteiger partial charge in [0.2, 0.25) is 18.1 Å². The molecule has 5 rings (SSSR count). The van der Waals surface area contributed by atoms with E-state index in [0.717, 1.165) is 0 Å². The summed E-state index contributed by atoms with van der Waals surface area (Å²) in [6.45, 7) is 7.31. The molecule has 49 heavy (non-hydrogen) atoms. The van der Waals surface area contributed by atoms with Crippen molar-refractivity contribution in [3.05, 3.63) is 87.2 Å². The summed E-state index contributed by atoms with van der Waals surface area (Å²) in [5.74, 6) is 1.10. The number of amides is 2. The topological polar surface area (TPSA) is 167 Å². The Morgan fingerprint density at radius 3 is 2.49 bits per heavy atom. The highest BCUT2D eigenvalue weighted by Gasteiger charge is 2.66. The van der Waals surface area contributed by atoms with Crippen LogP contribution in [0.25, 0.3) is 0 Å². The van der Waals surface area contributed by atoms with Crippen molar-refractivity contribution < 1.29 is 42.6 Å². The highest BCUT2D eigenvalue weighted by Crippen LogP contribution is 2.57. The lowest BCUT2D eigenvalue weighted by atomic mass is 9.62. The first-order chi connectivity index (χ1) is 23.1. The number of anilines is 2. The Labute approximate surface area is 291 Å². The zero-order valence-corrected chi connectivity index (χ0v) is 28.7. The number of carbonyl (C=O) groups is 4. The Morgan fingerprint density at radius 2 is 1.82 bits per heavy atom. The van der Waals surface area contributed by atoms with Crippen molar-refractivity contribution in [2.45, 2.75) is 63.8 Å². The predicted molar refractivity (Wildman–Crippen MR) is 179 cm³/mol. The number of fused-ring (bicyclic) bond motifs is 2. The van der Waals surface area contributed by atoms with Gasteiger partial charge in [0.15, 0.2) is 0 Å². The second-order valence-electron chi connectivity index (χ2n) is 13.0. The van der Waals surface area contributed by atoms with E-state index in [4.69, 9.17) is 38.6 Å². The van der Waals surface area contributed by atoms with Gasteiger partial charge in [0.1, 0.15) is 17.0 Å². The fourth-order valence-corrected chi connectivity index (χ4v) is 7.04. The van der Waals surface area contributed by atoms with Crippen molar-refractivity contribution in [3.63, 3.8) is 0 Å². The SMILES string of the molecule is COc1cc(C(=O)OC(C)OC(=O)ON)ccc1NC(=O)[C@@H]1N[C@@H](CC(C)(C)C)[C@@]2(C(=O)Nc3cc(Cl)ccc32)[C@H]1c1cccc(Cl)c1F. The molecule has 2 heterocycles. The molecule has 1 saturated heterocycles. The van der Waals surface area contributed by atoms with Crippen LogP contribution in [0.3, 0.4) is 0 Å². The van der Waals surface area contributed by atoms with E-state index < -0.39 is 59.5 Å². The lowest BCUT2D eigenvalue weighted by Gasteiger charge is -2.37. The van der Waals surface area contributed by atoms with Crippen LogP contribution < -0.4 is 26.6 Å². The monoisotopic (exact) mass is 716 g/mol. The molecule has 260 valence electrons. The molecule has 2 aliphatic heterocycles. The number of carbonyl (C=O) groups excluding carboxylic acids is 4. The molecule has 5 atom stereocenters. The van der Waals surface area contributed by atoms with Gasteiger partial charge in [-0.3, -0.25) is 9.59 Å². The van der Waals surface area contributed by atoms with E-state index in [0.29, 0.717) is 22.7 Å². The fraction of sp³-hybridized carbons (Fsp3) is 0.353. The number of hydrogen-bond acceptors (Lipinski definition) is 10. The maximum Gasteiger partial charge on any atom is 0.530 e. The largest absolute Gasteiger partial charge is 0.530 e. The first kappa shape index (κ1) is 35.9. The molecular weight excluding hydrogens is 682 g/mol. The third-order valence-corrected chi connectivity index (χ3v) is 9.07. The summed E-state index contributed by atoms with van der Waals surface area (Å²) in [7, 11) is 1.33. The van der Waals surface area contributed by atoms with Crippen molar-refractivity contribution in [2.24, 2.45) is 11.3 Å². The first-order valence-electron chi connectivity index (χ1n) is 15.2. The van der Waals surface area contributed by atoms with Crippen molar-refractivity contribution in [2.75, 3.05) is 17.7 Å². The van der Waals surface area contributed by atoms with Crippen molar-refractivity contribution in [1.29, 1.82) is 0 Å². The number of methoxy groups -OCH3 is 1. The molecular formula is C34H35Cl2FN4O8. The van der Waals surface area contributed by atoms with Crippen molar-refractivity contribution >= 4 is 58.5 Å². The molecule has 0 aliphatic carbocycles. The average molecular weight is 718 g/mol. The van der Waals surface area contributed by atoms with E-state index in [1.807, 2.05) is 20.8 Å². The Bertz CT molecular complexity index is 1820. The van der Waals surface area contributed by atoms with E-state index in [1.165, 1.54) is 44.4 Å². The summed E-state index contributed by atoms with van der Waals surface area (Å²) < 4.78 is 31.3. The summed E-state index contributed by atoms with van der Waals surface area (Å²) in [6.07, 6.45) is -2.15. The van der Waals surface area contributed by atoms with Crippen LogP contribution in [0.15, 0.2) is 54.6 Å². The number of nitrogens with two attached hydrogens (primary N) is 1. The lowest BCUT2D eigenvalue weighted by molar-refractivity contribution is -0.122. The van der Waals surface area contributed by atoms with Crippen LogP contribution in [0.1, 0.15) is 61.5 Å². The van der Waals surface area contributed by atoms with Gasteiger partial charge in [-0.2, -0.15) is 5.90 Å². The number of nitrogens with one attached hydrogen (secondary N) is 3. The fourth-order valence-electron chi connectivity index (χ4n) is 6.69. The zero-order valence-electron chi connectivity index (χ0n) is 27.2. The van der Waals surface area contributed by atoms with Crippen LogP contribution in [0.5, 0.6) is 5.75 Å². The summed E-state index contributed by atoms with van der Waals surface area (Å²) in [5.41, 5.74) is -0.487. The normalized spacial score (nSPS) is 21.8. The van der Waals surface area contributed by atoms with Crippen LogP contribution in [0, 0.1) is 11.2 Å². The van der Waals surface area contributed by atoms with Gasteiger partial charge in [-0.05, 0) is 59.4 Å². The number of rotatable bonds is 8. The van der Waals surface area contributed by atoms with Gasteiger partial charge >= 0.3 is 12.1 Å². The standard InChI is InChI=1S/C34H35Cl2FN4O8/c1-16(48-32(45)49-38)47-30(43)17-9-12-22(24(13-17)46-5)39-29(42)28-26(19-7-6-8-21(36)27(19)37)34(25(41-28)15-33(2,3)4)20-11-10-18(35)14-23(20)40-31(34)44/h6-14,16,25-26,28,41H,15,38H2,1-5H3,(H,39,42)(H,40,44)/t16?,25-,26-,28+,34+/m0/s1. The molecule has 0 saturated carbocycles. The highest BCUT2D eigenvalue weighted by molar-refractivity contribution is 6.31. The van der Waals surface area contributed by atoms with Gasteiger partial charge in [-0.25, -0.2) is 14.0 Å². The summed E-state index contributed by atoms with van der Waals surface area (Å²) in [6, 6.07) is 11.8. The van der Waals surface area contributed by atoms with Crippen molar-refractivity contribution in [1.82, 2.24) is 5.32 Å². The lowest BCUT2D eigenvalue weighted by Crippen LogP contribution is -2.49. The maximum absolute atomic E-state index is 16.1. The zero-order chi connectivity index (χ0) is 35.8. The van der Waals surface area contributed by atoms with E-state index >= 15 is 4.39 Å². The van der Waals surface area contributed by atoms with E-state index in [2.05, 4.69) is 25.5 Å². The summed E-state index contributed by atoms with van der Waals surface area (Å²) in [4.78, 5) is 56.6. The van der Waals surface area contributed by atoms with E-state index in [1.54, 1.807) is 24.3 Å². The number of halogens is 3. The molecule has 0 bridgehead atoms. The quantitative estimate of drug-likeness (QED) is 0.122. The molecule has 12 nitrogen and oxygen atoms in total. The summed E-state index contributed by atoms with van der Waals surface area (Å²) >= 11 is 12.6. The number of benzene rings is 3. The third kappa shape index (κ3) is 6.89. The third-order valence-electron chi connectivity index (χ3n) is 8.55. The minimum Gasteiger partial charge on any atom is -0.495 e. The molecule has 1 spiro atoms. The number of esters is 1. The molecule has 0 aromatic heterocycles. The van der Waals surface area contributed by atoms with Crippen LogP contribution in [-0.4, -0.2) is 49.4 Å². The predicted octanol–water partition coefficient (Wildman–Crippen LogP) is 6.06. The highest BCUT2D eigenvalue weighted by atomic mass is 35.5. The van der Waals surface area contributed by atoms with Gasteiger partial charge in [0, 0.05) is 29.6 Å². The van der Waals surface area contributed by atoms with E-state index in [9.17, 15) is 19.2 Å². The second-order valence-corrected chi connectivity index (χ2v) is 13.8. The maximum atomic E-state index is 16.1. The van der Waals surface area contributed by atoms with Crippen LogP contribution in [0.2, 0.25) is 10.0 Å². The van der Waals surface area contributed by atoms with Gasteiger partial charge in [0.05, 0.1) is 29.4 Å². The molecule has 3 aromatic carbocycles. The smallest absolute Gasteiger partial charge is 0.495 e. The second kappa shape index (κ2) is 13.8. The molecule has 3 aromatic rings. The molecule has 1 unspecified atom stereocenters. The molecule has 1 fully saturated rings.